The molecule has 0 radical (unpaired) electrons. The van der Waals surface area contributed by atoms with Crippen molar-refractivity contribution in [3.05, 3.63) is 24.3 Å². The van der Waals surface area contributed by atoms with E-state index in [1.54, 1.807) is 4.90 Å². The number of benzene rings is 1. The molecule has 1 aliphatic rings. The Morgan fingerprint density at radius 2 is 2.15 bits per heavy atom. The summed E-state index contributed by atoms with van der Waals surface area (Å²) >= 11 is 0. The lowest BCUT2D eigenvalue weighted by Gasteiger charge is -2.30. The first-order valence-electron chi connectivity index (χ1n) is 6.66. The minimum atomic E-state index is 0.190. The SMILES string of the molecule is CN1CC(Nc2nc(N)nc3ccccc23)CCC1=O. The molecule has 1 saturated heterocycles. The highest BCUT2D eigenvalue weighted by molar-refractivity contribution is 5.90. The summed E-state index contributed by atoms with van der Waals surface area (Å²) in [6.45, 7) is 0.678. The lowest BCUT2D eigenvalue weighted by Crippen LogP contribution is -2.43. The van der Waals surface area contributed by atoms with Crippen LogP contribution >= 0.6 is 0 Å². The van der Waals surface area contributed by atoms with Crippen molar-refractivity contribution in [2.45, 2.75) is 18.9 Å². The van der Waals surface area contributed by atoms with Gasteiger partial charge in [0.2, 0.25) is 11.9 Å². The van der Waals surface area contributed by atoms with E-state index < -0.39 is 0 Å². The van der Waals surface area contributed by atoms with Gasteiger partial charge in [-0.2, -0.15) is 4.98 Å². The lowest BCUT2D eigenvalue weighted by atomic mass is 10.1. The molecule has 20 heavy (non-hydrogen) atoms. The molecule has 0 saturated carbocycles. The largest absolute Gasteiger partial charge is 0.368 e. The van der Waals surface area contributed by atoms with Crippen LogP contribution in [0.2, 0.25) is 0 Å². The number of nitrogens with zero attached hydrogens (tertiary/aromatic N) is 3. The molecule has 1 atom stereocenters. The summed E-state index contributed by atoms with van der Waals surface area (Å²) in [5.41, 5.74) is 6.57. The zero-order chi connectivity index (χ0) is 14.1. The first-order chi connectivity index (χ1) is 9.63. The Kier molecular flexibility index (Phi) is 3.14. The van der Waals surface area contributed by atoms with Crippen LogP contribution in [0.25, 0.3) is 10.9 Å². The number of nitrogens with two attached hydrogens (primary N) is 1. The highest BCUT2D eigenvalue weighted by Crippen LogP contribution is 2.23. The third kappa shape index (κ3) is 2.36. The Morgan fingerprint density at radius 1 is 1.35 bits per heavy atom. The van der Waals surface area contributed by atoms with E-state index >= 15 is 0 Å². The molecule has 1 fully saturated rings. The van der Waals surface area contributed by atoms with Gasteiger partial charge in [-0.05, 0) is 18.6 Å². The maximum Gasteiger partial charge on any atom is 0.222 e. The third-order valence-electron chi connectivity index (χ3n) is 3.59. The standard InChI is InChI=1S/C14H17N5O/c1-19-8-9(6-7-12(19)20)16-13-10-4-2-3-5-11(10)17-14(15)18-13/h2-5,9H,6-8H2,1H3,(H3,15,16,17,18). The monoisotopic (exact) mass is 271 g/mol. The number of nitrogens with one attached hydrogen (secondary N) is 1. The van der Waals surface area contributed by atoms with Crippen molar-refractivity contribution in [3.8, 4) is 0 Å². The topological polar surface area (TPSA) is 84.1 Å². The molecular formula is C14H17N5O. The predicted molar refractivity (Wildman–Crippen MR) is 78.2 cm³/mol. The molecule has 6 nitrogen and oxygen atoms in total. The number of para-hydroxylation sites is 1. The van der Waals surface area contributed by atoms with E-state index in [0.717, 1.165) is 23.1 Å². The number of carbonyl (C=O) groups is 1. The number of hydrogen-bond acceptors (Lipinski definition) is 5. The van der Waals surface area contributed by atoms with Crippen molar-refractivity contribution in [2.75, 3.05) is 24.6 Å². The summed E-state index contributed by atoms with van der Waals surface area (Å²) in [7, 11) is 1.82. The van der Waals surface area contributed by atoms with Gasteiger partial charge < -0.3 is 16.0 Å². The second-order valence-electron chi connectivity index (χ2n) is 5.10. The molecule has 1 aromatic heterocycles. The van der Waals surface area contributed by atoms with Crippen LogP contribution in [0.15, 0.2) is 24.3 Å². The fourth-order valence-corrected chi connectivity index (χ4v) is 2.53. The number of likely N-dealkylation sites (N-methyl/N-ethyl adjacent to an activating group) is 1. The second kappa shape index (κ2) is 4.96. The molecule has 1 aliphatic heterocycles. The number of rotatable bonds is 2. The van der Waals surface area contributed by atoms with Gasteiger partial charge in [0.25, 0.3) is 0 Å². The van der Waals surface area contributed by atoms with Crippen molar-refractivity contribution in [3.63, 3.8) is 0 Å². The van der Waals surface area contributed by atoms with E-state index in [2.05, 4.69) is 15.3 Å². The number of fused-ring (bicyclic) bond motifs is 1. The van der Waals surface area contributed by atoms with Crippen molar-refractivity contribution in [1.29, 1.82) is 0 Å². The van der Waals surface area contributed by atoms with Gasteiger partial charge in [0, 0.05) is 31.4 Å². The first kappa shape index (κ1) is 12.7. The van der Waals surface area contributed by atoms with Crippen LogP contribution in [0.1, 0.15) is 12.8 Å². The van der Waals surface area contributed by atoms with E-state index in [4.69, 9.17) is 5.73 Å². The lowest BCUT2D eigenvalue weighted by molar-refractivity contribution is -0.132. The van der Waals surface area contributed by atoms with Gasteiger partial charge in [0.1, 0.15) is 5.82 Å². The van der Waals surface area contributed by atoms with Gasteiger partial charge in [0.05, 0.1) is 5.52 Å². The van der Waals surface area contributed by atoms with E-state index in [1.165, 1.54) is 0 Å². The molecule has 0 aliphatic carbocycles. The summed E-state index contributed by atoms with van der Waals surface area (Å²) in [5.74, 6) is 1.18. The molecule has 1 aromatic carbocycles. The Balaban J connectivity index is 1.89. The van der Waals surface area contributed by atoms with Crippen LogP contribution in [0.4, 0.5) is 11.8 Å². The molecule has 0 bridgehead atoms. The van der Waals surface area contributed by atoms with Crippen LogP contribution < -0.4 is 11.1 Å². The Bertz CT molecular complexity index is 657. The number of carbonyl (C=O) groups excluding carboxylic acids is 1. The van der Waals surface area contributed by atoms with Gasteiger partial charge in [0.15, 0.2) is 0 Å². The number of amides is 1. The second-order valence-corrected chi connectivity index (χ2v) is 5.10. The maximum absolute atomic E-state index is 11.5. The minimum Gasteiger partial charge on any atom is -0.368 e. The number of piperidine rings is 1. The van der Waals surface area contributed by atoms with Gasteiger partial charge >= 0.3 is 0 Å². The maximum atomic E-state index is 11.5. The molecule has 3 rings (SSSR count). The molecule has 2 heterocycles. The zero-order valence-corrected chi connectivity index (χ0v) is 11.3. The molecule has 3 N–H and O–H groups in total. The summed E-state index contributed by atoms with van der Waals surface area (Å²) in [4.78, 5) is 21.8. The van der Waals surface area contributed by atoms with Crippen molar-refractivity contribution in [1.82, 2.24) is 14.9 Å². The van der Waals surface area contributed by atoms with E-state index in [0.29, 0.717) is 13.0 Å². The molecular weight excluding hydrogens is 254 g/mol. The minimum absolute atomic E-state index is 0.190. The zero-order valence-electron chi connectivity index (χ0n) is 11.3. The Morgan fingerprint density at radius 3 is 2.95 bits per heavy atom. The third-order valence-corrected chi connectivity index (χ3v) is 3.59. The highest BCUT2D eigenvalue weighted by Gasteiger charge is 2.23. The Hall–Kier alpha value is -2.37. The van der Waals surface area contributed by atoms with Crippen molar-refractivity contribution in [2.24, 2.45) is 0 Å². The number of aromatic nitrogens is 2. The average Bonchev–Trinajstić information content (AvgIpc) is 2.43. The fourth-order valence-electron chi connectivity index (χ4n) is 2.53. The smallest absolute Gasteiger partial charge is 0.222 e. The number of likely N-dealkylation sites (tertiary alicyclic amines) is 1. The average molecular weight is 271 g/mol. The summed E-state index contributed by atoms with van der Waals surface area (Å²) in [6, 6.07) is 7.94. The van der Waals surface area contributed by atoms with Gasteiger partial charge in [-0.15, -0.1) is 0 Å². The van der Waals surface area contributed by atoms with Crippen LogP contribution in [0, 0.1) is 0 Å². The van der Waals surface area contributed by atoms with Crippen LogP contribution in [0.5, 0.6) is 0 Å². The van der Waals surface area contributed by atoms with Crippen LogP contribution in [0.3, 0.4) is 0 Å². The number of hydrogen-bond donors (Lipinski definition) is 2. The first-order valence-corrected chi connectivity index (χ1v) is 6.66. The predicted octanol–water partition coefficient (Wildman–Crippen LogP) is 1.24. The fraction of sp³-hybridized carbons (Fsp3) is 0.357. The normalized spacial score (nSPS) is 19.4. The quantitative estimate of drug-likeness (QED) is 0.858. The summed E-state index contributed by atoms with van der Waals surface area (Å²) in [6.07, 6.45) is 1.37. The van der Waals surface area contributed by atoms with Crippen molar-refractivity contribution >= 4 is 28.6 Å². The van der Waals surface area contributed by atoms with E-state index in [9.17, 15) is 4.79 Å². The highest BCUT2D eigenvalue weighted by atomic mass is 16.2. The van der Waals surface area contributed by atoms with E-state index in [-0.39, 0.29) is 17.9 Å². The van der Waals surface area contributed by atoms with Gasteiger partial charge in [-0.25, -0.2) is 4.98 Å². The molecule has 6 heteroatoms. The summed E-state index contributed by atoms with van der Waals surface area (Å²) < 4.78 is 0. The molecule has 1 unspecified atom stereocenters. The number of nitrogen functional groups attached to an aromatic ring is 1. The van der Waals surface area contributed by atoms with E-state index in [1.807, 2.05) is 31.3 Å². The van der Waals surface area contributed by atoms with Crippen LogP contribution in [-0.2, 0) is 4.79 Å². The van der Waals surface area contributed by atoms with Crippen molar-refractivity contribution < 1.29 is 4.79 Å². The molecule has 1 amide bonds. The van der Waals surface area contributed by atoms with Gasteiger partial charge in [-0.3, -0.25) is 4.79 Å². The number of anilines is 2. The summed E-state index contributed by atoms with van der Waals surface area (Å²) in [5, 5.41) is 4.34. The molecule has 0 spiro atoms. The Labute approximate surface area is 117 Å². The molecule has 104 valence electrons. The van der Waals surface area contributed by atoms with Gasteiger partial charge in [-0.1, -0.05) is 12.1 Å². The van der Waals surface area contributed by atoms with Crippen LogP contribution in [-0.4, -0.2) is 40.4 Å². The molecule has 2 aromatic rings.